The summed E-state index contributed by atoms with van der Waals surface area (Å²) in [6, 6.07) is 6.22. The molecule has 1 saturated heterocycles. The molecule has 1 fully saturated rings. The minimum Gasteiger partial charge on any atom is -0.378 e. The summed E-state index contributed by atoms with van der Waals surface area (Å²) in [5, 5.41) is 6.23. The highest BCUT2D eigenvalue weighted by molar-refractivity contribution is 9.10. The number of halogens is 1. The first kappa shape index (κ1) is 14.5. The quantitative estimate of drug-likeness (QED) is 0.886. The van der Waals surface area contributed by atoms with Crippen LogP contribution in [0.2, 0.25) is 0 Å². The number of aryl methyl sites for hydroxylation is 1. The van der Waals surface area contributed by atoms with E-state index in [1.54, 1.807) is 0 Å². The fourth-order valence-electron chi connectivity index (χ4n) is 2.07. The number of ether oxygens (including phenoxy) is 1. The van der Waals surface area contributed by atoms with Gasteiger partial charge in [0.2, 0.25) is 5.91 Å². The van der Waals surface area contributed by atoms with E-state index < -0.39 is 0 Å². The van der Waals surface area contributed by atoms with Crippen molar-refractivity contribution in [1.82, 2.24) is 10.6 Å². The predicted octanol–water partition coefficient (Wildman–Crippen LogP) is 1.75. The van der Waals surface area contributed by atoms with Crippen LogP contribution >= 0.6 is 15.9 Å². The predicted molar refractivity (Wildman–Crippen MR) is 78.0 cm³/mol. The van der Waals surface area contributed by atoms with E-state index in [0.717, 1.165) is 23.2 Å². The van der Waals surface area contributed by atoms with E-state index in [1.807, 2.05) is 25.1 Å². The van der Waals surface area contributed by atoms with Crippen molar-refractivity contribution < 1.29 is 9.53 Å². The second-order valence-corrected chi connectivity index (χ2v) is 5.69. The largest absolute Gasteiger partial charge is 0.378 e. The Morgan fingerprint density at radius 1 is 1.58 bits per heavy atom. The summed E-state index contributed by atoms with van der Waals surface area (Å²) < 4.78 is 6.36. The van der Waals surface area contributed by atoms with Crippen LogP contribution in [0.3, 0.4) is 0 Å². The van der Waals surface area contributed by atoms with Gasteiger partial charge < -0.3 is 15.4 Å². The molecule has 19 heavy (non-hydrogen) atoms. The molecule has 0 radical (unpaired) electrons. The molecular weight excluding hydrogens is 308 g/mol. The molecule has 1 aliphatic rings. The van der Waals surface area contributed by atoms with E-state index in [2.05, 4.69) is 26.6 Å². The Labute approximate surface area is 122 Å². The third-order valence-electron chi connectivity index (χ3n) is 3.22. The van der Waals surface area contributed by atoms with Crippen LogP contribution in [-0.2, 0) is 16.1 Å². The van der Waals surface area contributed by atoms with Gasteiger partial charge in [0.15, 0.2) is 0 Å². The monoisotopic (exact) mass is 326 g/mol. The first-order valence-corrected chi connectivity index (χ1v) is 7.27. The number of carbonyl (C=O) groups excluding carboxylic acids is 1. The van der Waals surface area contributed by atoms with Gasteiger partial charge in [0.05, 0.1) is 13.2 Å². The lowest BCUT2D eigenvalue weighted by Gasteiger charge is -2.23. The second kappa shape index (κ2) is 7.03. The molecule has 104 valence electrons. The molecule has 4 nitrogen and oxygen atoms in total. The molecule has 1 atom stereocenters. The highest BCUT2D eigenvalue weighted by atomic mass is 79.9. The maximum atomic E-state index is 11.9. The summed E-state index contributed by atoms with van der Waals surface area (Å²) in [7, 11) is 0. The van der Waals surface area contributed by atoms with Gasteiger partial charge in [-0.25, -0.2) is 0 Å². The van der Waals surface area contributed by atoms with Crippen molar-refractivity contribution in [3.63, 3.8) is 0 Å². The van der Waals surface area contributed by atoms with Gasteiger partial charge in [-0.2, -0.15) is 0 Å². The number of nitrogens with one attached hydrogen (secondary N) is 2. The van der Waals surface area contributed by atoms with Crippen molar-refractivity contribution in [1.29, 1.82) is 0 Å². The molecule has 2 rings (SSSR count). The van der Waals surface area contributed by atoms with Gasteiger partial charge in [-0.3, -0.25) is 4.79 Å². The Bertz CT molecular complexity index is 445. The summed E-state index contributed by atoms with van der Waals surface area (Å²) in [4.78, 5) is 11.9. The SMILES string of the molecule is Cc1ccc(Br)cc1CNC(=O)CC1COCCN1. The van der Waals surface area contributed by atoms with E-state index in [9.17, 15) is 4.79 Å². The van der Waals surface area contributed by atoms with Crippen LogP contribution in [0, 0.1) is 6.92 Å². The second-order valence-electron chi connectivity index (χ2n) is 4.78. The van der Waals surface area contributed by atoms with Crippen LogP contribution in [0.5, 0.6) is 0 Å². The molecule has 1 amide bonds. The maximum absolute atomic E-state index is 11.9. The number of carbonyl (C=O) groups is 1. The topological polar surface area (TPSA) is 50.4 Å². The number of amides is 1. The average molecular weight is 327 g/mol. The molecule has 1 unspecified atom stereocenters. The normalized spacial score (nSPS) is 19.2. The van der Waals surface area contributed by atoms with Gasteiger partial charge in [0.1, 0.15) is 0 Å². The van der Waals surface area contributed by atoms with Crippen LogP contribution < -0.4 is 10.6 Å². The molecule has 5 heteroatoms. The van der Waals surface area contributed by atoms with Gasteiger partial charge in [-0.15, -0.1) is 0 Å². The lowest BCUT2D eigenvalue weighted by Crippen LogP contribution is -2.44. The molecule has 0 saturated carbocycles. The summed E-state index contributed by atoms with van der Waals surface area (Å²) in [5.41, 5.74) is 2.32. The summed E-state index contributed by atoms with van der Waals surface area (Å²) in [6.07, 6.45) is 0.465. The zero-order chi connectivity index (χ0) is 13.7. The van der Waals surface area contributed by atoms with Gasteiger partial charge in [0, 0.05) is 30.0 Å². The Hall–Kier alpha value is -0.910. The third-order valence-corrected chi connectivity index (χ3v) is 3.71. The lowest BCUT2D eigenvalue weighted by atomic mass is 10.1. The number of rotatable bonds is 4. The summed E-state index contributed by atoms with van der Waals surface area (Å²) in [5.74, 6) is 0.0578. The van der Waals surface area contributed by atoms with E-state index >= 15 is 0 Å². The zero-order valence-corrected chi connectivity index (χ0v) is 12.6. The lowest BCUT2D eigenvalue weighted by molar-refractivity contribution is -0.122. The summed E-state index contributed by atoms with van der Waals surface area (Å²) >= 11 is 3.44. The van der Waals surface area contributed by atoms with Crippen LogP contribution in [0.4, 0.5) is 0 Å². The zero-order valence-electron chi connectivity index (χ0n) is 11.0. The van der Waals surface area contributed by atoms with E-state index in [1.165, 1.54) is 5.56 Å². The van der Waals surface area contributed by atoms with E-state index in [0.29, 0.717) is 19.6 Å². The molecular formula is C14H19BrN2O2. The number of hydrogen-bond acceptors (Lipinski definition) is 3. The average Bonchev–Trinajstić information content (AvgIpc) is 2.41. The van der Waals surface area contributed by atoms with Gasteiger partial charge in [-0.05, 0) is 30.2 Å². The van der Waals surface area contributed by atoms with Crippen molar-refractivity contribution in [2.45, 2.75) is 25.9 Å². The molecule has 1 aromatic carbocycles. The number of hydrogen-bond donors (Lipinski definition) is 2. The van der Waals surface area contributed by atoms with Gasteiger partial charge in [0.25, 0.3) is 0 Å². The molecule has 0 aliphatic carbocycles. The highest BCUT2D eigenvalue weighted by Gasteiger charge is 2.16. The molecule has 0 aromatic heterocycles. The van der Waals surface area contributed by atoms with Crippen LogP contribution in [0.25, 0.3) is 0 Å². The molecule has 2 N–H and O–H groups in total. The van der Waals surface area contributed by atoms with Crippen molar-refractivity contribution in [2.24, 2.45) is 0 Å². The molecule has 1 aliphatic heterocycles. The fourth-order valence-corrected chi connectivity index (χ4v) is 2.48. The Morgan fingerprint density at radius 3 is 3.16 bits per heavy atom. The molecule has 0 bridgehead atoms. The van der Waals surface area contributed by atoms with Crippen molar-refractivity contribution in [3.8, 4) is 0 Å². The van der Waals surface area contributed by atoms with Crippen molar-refractivity contribution >= 4 is 21.8 Å². The number of morpholine rings is 1. The first-order valence-electron chi connectivity index (χ1n) is 6.48. The fraction of sp³-hybridized carbons (Fsp3) is 0.500. The maximum Gasteiger partial charge on any atom is 0.221 e. The third kappa shape index (κ3) is 4.60. The highest BCUT2D eigenvalue weighted by Crippen LogP contribution is 2.15. The van der Waals surface area contributed by atoms with Gasteiger partial charge >= 0.3 is 0 Å². The van der Waals surface area contributed by atoms with Crippen molar-refractivity contribution in [2.75, 3.05) is 19.8 Å². The molecule has 1 aromatic rings. The van der Waals surface area contributed by atoms with E-state index in [-0.39, 0.29) is 11.9 Å². The minimum atomic E-state index is 0.0578. The number of benzene rings is 1. The van der Waals surface area contributed by atoms with Crippen molar-refractivity contribution in [3.05, 3.63) is 33.8 Å². The minimum absolute atomic E-state index is 0.0578. The Kier molecular flexibility index (Phi) is 5.36. The smallest absolute Gasteiger partial charge is 0.221 e. The molecule has 0 spiro atoms. The van der Waals surface area contributed by atoms with Crippen LogP contribution in [-0.4, -0.2) is 31.7 Å². The molecule has 1 heterocycles. The van der Waals surface area contributed by atoms with Crippen LogP contribution in [0.15, 0.2) is 22.7 Å². The summed E-state index contributed by atoms with van der Waals surface area (Å²) in [6.45, 7) is 4.78. The van der Waals surface area contributed by atoms with Crippen LogP contribution in [0.1, 0.15) is 17.5 Å². The standard InChI is InChI=1S/C14H19BrN2O2/c1-10-2-3-12(15)6-11(10)8-17-14(18)7-13-9-19-5-4-16-13/h2-3,6,13,16H,4-5,7-9H2,1H3,(H,17,18). The van der Waals surface area contributed by atoms with Gasteiger partial charge in [-0.1, -0.05) is 22.0 Å². The Morgan fingerprint density at radius 2 is 2.42 bits per heavy atom. The Balaban J connectivity index is 1.81. The first-order chi connectivity index (χ1) is 9.15. The van der Waals surface area contributed by atoms with E-state index in [4.69, 9.17) is 4.74 Å².